The Kier molecular flexibility index (Phi) is 4.37. The summed E-state index contributed by atoms with van der Waals surface area (Å²) >= 11 is 0. The molecule has 0 saturated carbocycles. The molecule has 6 heteroatoms. The second kappa shape index (κ2) is 6.62. The van der Waals surface area contributed by atoms with E-state index >= 15 is 0 Å². The summed E-state index contributed by atoms with van der Waals surface area (Å²) in [6.45, 7) is 2.06. The van der Waals surface area contributed by atoms with Crippen molar-refractivity contribution in [1.29, 1.82) is 0 Å². The summed E-state index contributed by atoms with van der Waals surface area (Å²) in [7, 11) is 0. The fourth-order valence-electron chi connectivity index (χ4n) is 2.45. The standard InChI is InChI=1S/C18H16O6/c1-2-3-11-6-18(21)24-17-8-12(4-5-14(11)17)22-9-13-7-15(19)16(20)10-23-13/h4-8,10,20H,2-3,9H2,1H3. The molecule has 124 valence electrons. The molecule has 1 aromatic carbocycles. The van der Waals surface area contributed by atoms with Crippen molar-refractivity contribution in [2.45, 2.75) is 26.4 Å². The Balaban J connectivity index is 1.86. The van der Waals surface area contributed by atoms with E-state index in [1.54, 1.807) is 12.1 Å². The van der Waals surface area contributed by atoms with Crippen LogP contribution in [0.3, 0.4) is 0 Å². The average Bonchev–Trinajstić information content (AvgIpc) is 2.56. The number of benzene rings is 1. The fraction of sp³-hybridized carbons (Fsp3) is 0.222. The van der Waals surface area contributed by atoms with Gasteiger partial charge in [0.05, 0.1) is 0 Å². The molecule has 0 aliphatic heterocycles. The summed E-state index contributed by atoms with van der Waals surface area (Å²) in [4.78, 5) is 23.0. The molecule has 0 bridgehead atoms. The SMILES string of the molecule is CCCc1cc(=O)oc2cc(OCc3cc(=O)c(O)co3)ccc12. The van der Waals surface area contributed by atoms with E-state index in [0.717, 1.165) is 36.1 Å². The largest absolute Gasteiger partial charge is 0.502 e. The molecule has 2 aromatic heterocycles. The first-order valence-corrected chi connectivity index (χ1v) is 7.57. The highest BCUT2D eigenvalue weighted by Crippen LogP contribution is 2.24. The summed E-state index contributed by atoms with van der Waals surface area (Å²) < 4.78 is 15.9. The second-order valence-corrected chi connectivity index (χ2v) is 5.38. The van der Waals surface area contributed by atoms with Crippen LogP contribution in [0.15, 0.2) is 55.0 Å². The van der Waals surface area contributed by atoms with Gasteiger partial charge in [-0.05, 0) is 24.1 Å². The van der Waals surface area contributed by atoms with Crippen molar-refractivity contribution < 1.29 is 18.7 Å². The van der Waals surface area contributed by atoms with Crippen LogP contribution in [0.1, 0.15) is 24.7 Å². The molecule has 3 rings (SSSR count). The summed E-state index contributed by atoms with van der Waals surface area (Å²) in [5.74, 6) is 0.309. The van der Waals surface area contributed by atoms with E-state index in [-0.39, 0.29) is 12.4 Å². The van der Waals surface area contributed by atoms with Crippen LogP contribution in [0.5, 0.6) is 11.5 Å². The maximum Gasteiger partial charge on any atom is 0.336 e. The van der Waals surface area contributed by atoms with Gasteiger partial charge in [0.25, 0.3) is 0 Å². The highest BCUT2D eigenvalue weighted by atomic mass is 16.5. The zero-order chi connectivity index (χ0) is 17.1. The Morgan fingerprint density at radius 1 is 1.17 bits per heavy atom. The van der Waals surface area contributed by atoms with Gasteiger partial charge in [0.1, 0.15) is 30.0 Å². The lowest BCUT2D eigenvalue weighted by molar-refractivity contribution is 0.263. The molecule has 0 saturated heterocycles. The smallest absolute Gasteiger partial charge is 0.336 e. The van der Waals surface area contributed by atoms with E-state index in [9.17, 15) is 9.59 Å². The van der Waals surface area contributed by atoms with E-state index in [4.69, 9.17) is 18.7 Å². The average molecular weight is 328 g/mol. The van der Waals surface area contributed by atoms with Gasteiger partial charge in [-0.1, -0.05) is 13.3 Å². The molecule has 0 aliphatic carbocycles. The predicted octanol–water partition coefficient (Wildman–Crippen LogP) is 2.98. The van der Waals surface area contributed by atoms with Crippen LogP contribution < -0.4 is 15.8 Å². The zero-order valence-corrected chi connectivity index (χ0v) is 13.1. The fourth-order valence-corrected chi connectivity index (χ4v) is 2.45. The van der Waals surface area contributed by atoms with Crippen molar-refractivity contribution in [1.82, 2.24) is 0 Å². The number of hydrogen-bond donors (Lipinski definition) is 1. The molecule has 0 atom stereocenters. The van der Waals surface area contributed by atoms with E-state index in [1.807, 2.05) is 13.0 Å². The van der Waals surface area contributed by atoms with Crippen molar-refractivity contribution in [2.24, 2.45) is 0 Å². The Morgan fingerprint density at radius 3 is 2.75 bits per heavy atom. The number of aromatic hydroxyl groups is 1. The molecule has 0 radical (unpaired) electrons. The van der Waals surface area contributed by atoms with E-state index in [2.05, 4.69) is 0 Å². The Morgan fingerprint density at radius 2 is 2.00 bits per heavy atom. The van der Waals surface area contributed by atoms with Crippen molar-refractivity contribution >= 4 is 11.0 Å². The molecule has 1 N–H and O–H groups in total. The lowest BCUT2D eigenvalue weighted by Crippen LogP contribution is -2.03. The third-order valence-electron chi connectivity index (χ3n) is 3.57. The Hall–Kier alpha value is -3.02. The normalized spacial score (nSPS) is 10.9. The highest BCUT2D eigenvalue weighted by molar-refractivity contribution is 5.81. The van der Waals surface area contributed by atoms with E-state index in [1.165, 1.54) is 6.07 Å². The van der Waals surface area contributed by atoms with Crippen molar-refractivity contribution in [3.63, 3.8) is 0 Å². The highest BCUT2D eigenvalue weighted by Gasteiger charge is 2.08. The first-order valence-electron chi connectivity index (χ1n) is 7.57. The molecule has 0 aliphatic rings. The summed E-state index contributed by atoms with van der Waals surface area (Å²) in [5.41, 5.74) is 0.469. The second-order valence-electron chi connectivity index (χ2n) is 5.38. The van der Waals surface area contributed by atoms with Gasteiger partial charge in [-0.15, -0.1) is 0 Å². The maximum absolute atomic E-state index is 11.7. The van der Waals surface area contributed by atoms with Gasteiger partial charge in [-0.2, -0.15) is 0 Å². The van der Waals surface area contributed by atoms with Crippen LogP contribution in [-0.2, 0) is 13.0 Å². The number of aryl methyl sites for hydroxylation is 1. The zero-order valence-electron chi connectivity index (χ0n) is 13.1. The molecule has 0 fully saturated rings. The number of hydrogen-bond acceptors (Lipinski definition) is 6. The van der Waals surface area contributed by atoms with Crippen LogP contribution >= 0.6 is 0 Å². The van der Waals surface area contributed by atoms with E-state index < -0.39 is 16.8 Å². The predicted molar refractivity (Wildman–Crippen MR) is 87.5 cm³/mol. The summed E-state index contributed by atoms with van der Waals surface area (Å²) in [6, 6.07) is 7.91. The maximum atomic E-state index is 11.7. The lowest BCUT2D eigenvalue weighted by Gasteiger charge is -2.08. The van der Waals surface area contributed by atoms with E-state index in [0.29, 0.717) is 11.3 Å². The molecule has 3 aromatic rings. The molecular formula is C18H16O6. The molecule has 6 nitrogen and oxygen atoms in total. The number of rotatable bonds is 5. The van der Waals surface area contributed by atoms with Gasteiger partial charge in [-0.3, -0.25) is 4.79 Å². The van der Waals surface area contributed by atoms with Crippen LogP contribution in [-0.4, -0.2) is 5.11 Å². The summed E-state index contributed by atoms with van der Waals surface area (Å²) in [5, 5.41) is 10.0. The molecule has 0 spiro atoms. The quantitative estimate of drug-likeness (QED) is 0.724. The topological polar surface area (TPSA) is 89.9 Å². The number of ether oxygens (including phenoxy) is 1. The van der Waals surface area contributed by atoms with Crippen LogP contribution in [0, 0.1) is 0 Å². The molecule has 24 heavy (non-hydrogen) atoms. The monoisotopic (exact) mass is 328 g/mol. The first-order chi connectivity index (χ1) is 11.6. The Labute approximate surface area is 136 Å². The van der Waals surface area contributed by atoms with Crippen LogP contribution in [0.4, 0.5) is 0 Å². The van der Waals surface area contributed by atoms with Crippen LogP contribution in [0.2, 0.25) is 0 Å². The number of fused-ring (bicyclic) bond motifs is 1. The lowest BCUT2D eigenvalue weighted by atomic mass is 10.1. The van der Waals surface area contributed by atoms with Gasteiger partial charge in [0.15, 0.2) is 5.75 Å². The van der Waals surface area contributed by atoms with Crippen molar-refractivity contribution in [2.75, 3.05) is 0 Å². The van der Waals surface area contributed by atoms with Gasteiger partial charge in [0.2, 0.25) is 5.43 Å². The van der Waals surface area contributed by atoms with Crippen LogP contribution in [0.25, 0.3) is 11.0 Å². The molecular weight excluding hydrogens is 312 g/mol. The third kappa shape index (κ3) is 3.32. The van der Waals surface area contributed by atoms with Crippen molar-refractivity contribution in [3.8, 4) is 11.5 Å². The van der Waals surface area contributed by atoms with Gasteiger partial charge in [0, 0.05) is 23.6 Å². The van der Waals surface area contributed by atoms with Gasteiger partial charge < -0.3 is 18.7 Å². The minimum atomic E-state index is -0.534. The van der Waals surface area contributed by atoms with Gasteiger partial charge >= 0.3 is 5.63 Å². The Bertz CT molecular complexity index is 983. The molecule has 0 amide bonds. The first kappa shape index (κ1) is 15.9. The molecule has 0 unspecified atom stereocenters. The third-order valence-corrected chi connectivity index (χ3v) is 3.57. The van der Waals surface area contributed by atoms with Gasteiger partial charge in [-0.25, -0.2) is 4.79 Å². The molecule has 2 heterocycles. The minimum Gasteiger partial charge on any atom is -0.502 e. The minimum absolute atomic E-state index is 0.0138. The summed E-state index contributed by atoms with van der Waals surface area (Å²) in [6.07, 6.45) is 2.69. The van der Waals surface area contributed by atoms with Crippen molar-refractivity contribution in [3.05, 3.63) is 68.6 Å².